The Morgan fingerprint density at radius 3 is 2.29 bits per heavy atom. The molecular weight excluding hydrogens is 266 g/mol. The maximum atomic E-state index is 11.8. The van der Waals surface area contributed by atoms with E-state index in [4.69, 9.17) is 9.47 Å². The van der Waals surface area contributed by atoms with Crippen molar-refractivity contribution in [1.29, 1.82) is 0 Å². The Morgan fingerprint density at radius 1 is 1.05 bits per heavy atom. The molecule has 1 aromatic rings. The summed E-state index contributed by atoms with van der Waals surface area (Å²) >= 11 is 0. The van der Waals surface area contributed by atoms with Crippen LogP contribution >= 0.6 is 0 Å². The third kappa shape index (κ3) is 7.02. The molecule has 1 amide bonds. The maximum absolute atomic E-state index is 11.8. The van der Waals surface area contributed by atoms with E-state index in [1.807, 2.05) is 18.2 Å². The zero-order valence-electron chi connectivity index (χ0n) is 13.4. The molecular formula is C17H27NO3. The lowest BCUT2D eigenvalue weighted by Gasteiger charge is -2.09. The second-order valence-electron chi connectivity index (χ2n) is 5.13. The van der Waals surface area contributed by atoms with Crippen LogP contribution in [0.4, 0.5) is 0 Å². The van der Waals surface area contributed by atoms with Gasteiger partial charge in [-0.25, -0.2) is 0 Å². The molecule has 21 heavy (non-hydrogen) atoms. The molecule has 0 fully saturated rings. The molecule has 1 N–H and O–H groups in total. The molecule has 1 rings (SSSR count). The number of hydrogen-bond acceptors (Lipinski definition) is 3. The number of aryl methyl sites for hydroxylation is 1. The minimum absolute atomic E-state index is 0.105. The van der Waals surface area contributed by atoms with Gasteiger partial charge in [0.25, 0.3) is 0 Å². The van der Waals surface area contributed by atoms with E-state index in [9.17, 15) is 4.79 Å². The van der Waals surface area contributed by atoms with E-state index >= 15 is 0 Å². The van der Waals surface area contributed by atoms with E-state index < -0.39 is 0 Å². The van der Waals surface area contributed by atoms with E-state index in [1.165, 1.54) is 19.3 Å². The quantitative estimate of drug-likeness (QED) is 0.673. The highest BCUT2D eigenvalue weighted by Crippen LogP contribution is 2.23. The highest BCUT2D eigenvalue weighted by atomic mass is 16.5. The number of rotatable bonds is 10. The Morgan fingerprint density at radius 2 is 1.71 bits per heavy atom. The van der Waals surface area contributed by atoms with Crippen LogP contribution in [0.2, 0.25) is 0 Å². The molecule has 0 heterocycles. The van der Waals surface area contributed by atoms with Crippen LogP contribution in [-0.2, 0) is 11.2 Å². The average Bonchev–Trinajstić information content (AvgIpc) is 2.52. The van der Waals surface area contributed by atoms with Crippen LogP contribution < -0.4 is 14.8 Å². The first-order valence-corrected chi connectivity index (χ1v) is 7.68. The fraction of sp³-hybridized carbons (Fsp3) is 0.588. The smallest absolute Gasteiger partial charge is 0.220 e. The second-order valence-corrected chi connectivity index (χ2v) is 5.13. The summed E-state index contributed by atoms with van der Waals surface area (Å²) in [6, 6.07) is 5.71. The molecule has 4 nitrogen and oxygen atoms in total. The van der Waals surface area contributed by atoms with Crippen LogP contribution in [0.5, 0.6) is 11.5 Å². The molecule has 0 bridgehead atoms. The number of hydrogen-bond donors (Lipinski definition) is 1. The summed E-state index contributed by atoms with van der Waals surface area (Å²) in [6.45, 7) is 2.96. The van der Waals surface area contributed by atoms with Crippen molar-refractivity contribution in [1.82, 2.24) is 5.32 Å². The molecule has 0 unspecified atom stereocenters. The van der Waals surface area contributed by atoms with Crippen LogP contribution in [0.1, 0.15) is 44.6 Å². The molecule has 0 spiro atoms. The Labute approximate surface area is 127 Å². The Bertz CT molecular complexity index is 410. The average molecular weight is 293 g/mol. The molecule has 0 aliphatic rings. The summed E-state index contributed by atoms with van der Waals surface area (Å²) in [6.07, 6.45) is 5.87. The molecule has 0 radical (unpaired) electrons. The van der Waals surface area contributed by atoms with Crippen molar-refractivity contribution in [2.45, 2.75) is 45.4 Å². The third-order valence-corrected chi connectivity index (χ3v) is 3.40. The first kappa shape index (κ1) is 17.3. The molecule has 0 saturated carbocycles. The van der Waals surface area contributed by atoms with Gasteiger partial charge in [-0.05, 0) is 30.5 Å². The number of ether oxygens (including phenoxy) is 2. The summed E-state index contributed by atoms with van der Waals surface area (Å²) in [5.41, 5.74) is 1.05. The van der Waals surface area contributed by atoms with Crippen molar-refractivity contribution >= 4 is 5.91 Å². The predicted molar refractivity (Wildman–Crippen MR) is 85.0 cm³/mol. The van der Waals surface area contributed by atoms with Crippen molar-refractivity contribution in [2.75, 3.05) is 20.8 Å². The largest absolute Gasteiger partial charge is 0.497 e. The Kier molecular flexibility index (Phi) is 8.32. The van der Waals surface area contributed by atoms with Crippen molar-refractivity contribution in [3.63, 3.8) is 0 Å². The lowest BCUT2D eigenvalue weighted by atomic mass is 10.1. The van der Waals surface area contributed by atoms with Crippen molar-refractivity contribution in [2.24, 2.45) is 0 Å². The van der Waals surface area contributed by atoms with Gasteiger partial charge < -0.3 is 14.8 Å². The van der Waals surface area contributed by atoms with Crippen LogP contribution in [0, 0.1) is 0 Å². The van der Waals surface area contributed by atoms with Gasteiger partial charge in [-0.2, -0.15) is 0 Å². The van der Waals surface area contributed by atoms with Crippen molar-refractivity contribution in [3.8, 4) is 11.5 Å². The number of unbranched alkanes of at least 4 members (excludes halogenated alkanes) is 3. The van der Waals surface area contributed by atoms with E-state index in [-0.39, 0.29) is 5.91 Å². The van der Waals surface area contributed by atoms with Gasteiger partial charge in [-0.1, -0.05) is 26.2 Å². The Balaban J connectivity index is 2.35. The number of carbonyl (C=O) groups excluding carboxylic acids is 1. The summed E-state index contributed by atoms with van der Waals surface area (Å²) in [5, 5.41) is 2.97. The lowest BCUT2D eigenvalue weighted by Crippen LogP contribution is -2.24. The molecule has 118 valence electrons. The highest BCUT2D eigenvalue weighted by molar-refractivity contribution is 5.76. The molecule has 0 aliphatic heterocycles. The third-order valence-electron chi connectivity index (χ3n) is 3.40. The molecule has 4 heteroatoms. The molecule has 0 saturated heterocycles. The number of amides is 1. The number of benzene rings is 1. The fourth-order valence-electron chi connectivity index (χ4n) is 2.14. The zero-order valence-corrected chi connectivity index (χ0v) is 13.4. The van der Waals surface area contributed by atoms with Crippen LogP contribution in [0.15, 0.2) is 18.2 Å². The van der Waals surface area contributed by atoms with E-state index in [1.54, 1.807) is 14.2 Å². The Hall–Kier alpha value is -1.71. The van der Waals surface area contributed by atoms with Crippen LogP contribution in [-0.4, -0.2) is 26.7 Å². The molecule has 1 aromatic carbocycles. The van der Waals surface area contributed by atoms with Crippen molar-refractivity contribution < 1.29 is 14.3 Å². The van der Waals surface area contributed by atoms with E-state index in [2.05, 4.69) is 12.2 Å². The standard InChI is InChI=1S/C17H27NO3/c1-4-5-6-7-10-18-17(19)9-8-14-11-15(20-2)13-16(12-14)21-3/h11-13H,4-10H2,1-3H3,(H,18,19). The zero-order chi connectivity index (χ0) is 15.5. The van der Waals surface area contributed by atoms with Gasteiger partial charge in [0.05, 0.1) is 14.2 Å². The maximum Gasteiger partial charge on any atom is 0.220 e. The first-order chi connectivity index (χ1) is 10.2. The molecule has 0 atom stereocenters. The van der Waals surface area contributed by atoms with Crippen LogP contribution in [0.25, 0.3) is 0 Å². The summed E-state index contributed by atoms with van der Waals surface area (Å²) in [4.78, 5) is 11.8. The van der Waals surface area contributed by atoms with Gasteiger partial charge in [0.1, 0.15) is 11.5 Å². The number of methoxy groups -OCH3 is 2. The minimum atomic E-state index is 0.105. The normalized spacial score (nSPS) is 10.2. The minimum Gasteiger partial charge on any atom is -0.497 e. The highest BCUT2D eigenvalue weighted by Gasteiger charge is 2.05. The van der Waals surface area contributed by atoms with Gasteiger partial charge >= 0.3 is 0 Å². The molecule has 0 aromatic heterocycles. The van der Waals surface area contributed by atoms with E-state index in [0.29, 0.717) is 12.8 Å². The first-order valence-electron chi connectivity index (χ1n) is 7.68. The van der Waals surface area contributed by atoms with Gasteiger partial charge in [-0.3, -0.25) is 4.79 Å². The van der Waals surface area contributed by atoms with Gasteiger partial charge in [-0.15, -0.1) is 0 Å². The van der Waals surface area contributed by atoms with Gasteiger partial charge in [0, 0.05) is 19.0 Å². The monoisotopic (exact) mass is 293 g/mol. The SMILES string of the molecule is CCCCCCNC(=O)CCc1cc(OC)cc(OC)c1. The predicted octanol–water partition coefficient (Wildman–Crippen LogP) is 3.33. The topological polar surface area (TPSA) is 47.6 Å². The summed E-state index contributed by atoms with van der Waals surface area (Å²) in [7, 11) is 3.25. The lowest BCUT2D eigenvalue weighted by molar-refractivity contribution is -0.121. The number of nitrogens with one attached hydrogen (secondary N) is 1. The van der Waals surface area contributed by atoms with Crippen molar-refractivity contribution in [3.05, 3.63) is 23.8 Å². The van der Waals surface area contributed by atoms with Gasteiger partial charge in [0.15, 0.2) is 0 Å². The molecule has 0 aliphatic carbocycles. The number of carbonyl (C=O) groups is 1. The van der Waals surface area contributed by atoms with Crippen LogP contribution in [0.3, 0.4) is 0 Å². The summed E-state index contributed by atoms with van der Waals surface area (Å²) < 4.78 is 10.5. The fourth-order valence-corrected chi connectivity index (χ4v) is 2.14. The van der Waals surface area contributed by atoms with Gasteiger partial charge in [0.2, 0.25) is 5.91 Å². The second kappa shape index (κ2) is 10.1. The van der Waals surface area contributed by atoms with E-state index in [0.717, 1.165) is 30.0 Å². The summed E-state index contributed by atoms with van der Waals surface area (Å²) in [5.74, 6) is 1.61.